The largest absolute Gasteiger partial charge is 0.398 e. The van der Waals surface area contributed by atoms with Gasteiger partial charge in [0.05, 0.1) is 0 Å². The summed E-state index contributed by atoms with van der Waals surface area (Å²) in [5.41, 5.74) is 7.56. The summed E-state index contributed by atoms with van der Waals surface area (Å²) in [5.74, 6) is 0.719. The van der Waals surface area contributed by atoms with E-state index in [0.29, 0.717) is 0 Å². The van der Waals surface area contributed by atoms with Crippen LogP contribution in [-0.4, -0.2) is 12.8 Å². The Balaban J connectivity index is 0.000000232. The molecular formula is C14H18N2S2. The van der Waals surface area contributed by atoms with Crippen LogP contribution in [0.25, 0.3) is 10.8 Å². The molecule has 96 valence electrons. The summed E-state index contributed by atoms with van der Waals surface area (Å²) in [6.45, 7) is 3.60. The summed E-state index contributed by atoms with van der Waals surface area (Å²) in [6.07, 6.45) is 0. The average molecular weight is 278 g/mol. The van der Waals surface area contributed by atoms with Crippen LogP contribution in [0.5, 0.6) is 0 Å². The normalized spacial score (nSPS) is 9.50. The van der Waals surface area contributed by atoms with Crippen LogP contribution in [0, 0.1) is 0 Å². The second kappa shape index (κ2) is 7.24. The van der Waals surface area contributed by atoms with Gasteiger partial charge in [-0.3, -0.25) is 0 Å². The summed E-state index contributed by atoms with van der Waals surface area (Å²) < 4.78 is 0. The number of hydrogen-bond acceptors (Lipinski definition) is 4. The average Bonchev–Trinajstić information content (AvgIpc) is 2.40. The molecule has 0 aromatic heterocycles. The summed E-state index contributed by atoms with van der Waals surface area (Å²) >= 11 is 8.28. The number of nitrogens with one attached hydrogen (secondary N) is 1. The molecule has 2 nitrogen and oxygen atoms in total. The van der Waals surface area contributed by atoms with Crippen LogP contribution in [0.4, 0.5) is 5.69 Å². The molecule has 0 aliphatic heterocycles. The van der Waals surface area contributed by atoms with Gasteiger partial charge in [-0.1, -0.05) is 30.8 Å². The summed E-state index contributed by atoms with van der Waals surface area (Å²) in [6, 6.07) is 11.8. The van der Waals surface area contributed by atoms with Crippen molar-refractivity contribution >= 4 is 41.7 Å². The Kier molecular flexibility index (Phi) is 5.95. The van der Waals surface area contributed by atoms with Gasteiger partial charge in [0.25, 0.3) is 0 Å². The van der Waals surface area contributed by atoms with Crippen molar-refractivity contribution in [2.24, 2.45) is 0 Å². The third-order valence-corrected chi connectivity index (χ3v) is 3.25. The SMILES string of the molecule is C=C(CS)NC.Nc1cccc2c(S)cccc12. The first kappa shape index (κ1) is 14.8. The lowest BCUT2D eigenvalue weighted by Crippen LogP contribution is -2.04. The predicted molar refractivity (Wildman–Crippen MR) is 87.7 cm³/mol. The highest BCUT2D eigenvalue weighted by Gasteiger charge is 1.98. The summed E-state index contributed by atoms with van der Waals surface area (Å²) in [4.78, 5) is 0.972. The third kappa shape index (κ3) is 3.89. The fourth-order valence-electron chi connectivity index (χ4n) is 1.40. The summed E-state index contributed by atoms with van der Waals surface area (Å²) in [5, 5.41) is 5.03. The van der Waals surface area contributed by atoms with Crippen molar-refractivity contribution in [3.63, 3.8) is 0 Å². The van der Waals surface area contributed by atoms with Crippen molar-refractivity contribution in [2.45, 2.75) is 4.90 Å². The Labute approximate surface area is 119 Å². The lowest BCUT2D eigenvalue weighted by Gasteiger charge is -2.02. The lowest BCUT2D eigenvalue weighted by atomic mass is 10.1. The van der Waals surface area contributed by atoms with E-state index in [0.717, 1.165) is 32.8 Å². The topological polar surface area (TPSA) is 38.0 Å². The fourth-order valence-corrected chi connectivity index (χ4v) is 1.84. The van der Waals surface area contributed by atoms with E-state index in [4.69, 9.17) is 5.73 Å². The van der Waals surface area contributed by atoms with E-state index in [1.165, 1.54) is 0 Å². The number of nitrogen functional groups attached to an aromatic ring is 1. The zero-order valence-corrected chi connectivity index (χ0v) is 12.1. The van der Waals surface area contributed by atoms with Crippen molar-refractivity contribution in [1.29, 1.82) is 0 Å². The van der Waals surface area contributed by atoms with Crippen LogP contribution in [0.2, 0.25) is 0 Å². The minimum Gasteiger partial charge on any atom is -0.398 e. The van der Waals surface area contributed by atoms with Crippen molar-refractivity contribution in [2.75, 3.05) is 18.5 Å². The molecule has 0 heterocycles. The molecule has 2 aromatic carbocycles. The Morgan fingerprint density at radius 1 is 1.22 bits per heavy atom. The van der Waals surface area contributed by atoms with Gasteiger partial charge in [-0.15, -0.1) is 12.6 Å². The maximum atomic E-state index is 5.79. The monoisotopic (exact) mass is 278 g/mol. The molecule has 0 saturated carbocycles. The van der Waals surface area contributed by atoms with Gasteiger partial charge in [-0.2, -0.15) is 12.6 Å². The van der Waals surface area contributed by atoms with E-state index >= 15 is 0 Å². The van der Waals surface area contributed by atoms with Crippen LogP contribution in [0.3, 0.4) is 0 Å². The minimum absolute atomic E-state index is 0.719. The van der Waals surface area contributed by atoms with Gasteiger partial charge in [-0.05, 0) is 17.5 Å². The van der Waals surface area contributed by atoms with Gasteiger partial charge in [-0.25, -0.2) is 0 Å². The molecule has 0 amide bonds. The molecule has 0 atom stereocenters. The van der Waals surface area contributed by atoms with E-state index in [9.17, 15) is 0 Å². The molecular weight excluding hydrogens is 260 g/mol. The predicted octanol–water partition coefficient (Wildman–Crippen LogP) is 3.36. The molecule has 2 aromatic rings. The van der Waals surface area contributed by atoms with Crippen LogP contribution in [0.15, 0.2) is 53.6 Å². The van der Waals surface area contributed by atoms with E-state index in [1.54, 1.807) is 0 Å². The Hall–Kier alpha value is -1.26. The molecule has 0 aliphatic rings. The maximum absolute atomic E-state index is 5.79. The lowest BCUT2D eigenvalue weighted by molar-refractivity contribution is 1.01. The zero-order chi connectivity index (χ0) is 13.5. The smallest absolute Gasteiger partial charge is 0.0394 e. The van der Waals surface area contributed by atoms with E-state index in [-0.39, 0.29) is 0 Å². The molecule has 0 aliphatic carbocycles. The van der Waals surface area contributed by atoms with Crippen molar-refractivity contribution in [3.05, 3.63) is 48.7 Å². The first-order chi connectivity index (χ1) is 8.60. The summed E-state index contributed by atoms with van der Waals surface area (Å²) in [7, 11) is 1.83. The molecule has 0 spiro atoms. The minimum atomic E-state index is 0.719. The highest BCUT2D eigenvalue weighted by molar-refractivity contribution is 7.80. The van der Waals surface area contributed by atoms with Crippen LogP contribution in [0.1, 0.15) is 0 Å². The zero-order valence-electron chi connectivity index (χ0n) is 10.4. The molecule has 0 bridgehead atoms. The van der Waals surface area contributed by atoms with Gasteiger partial charge in [0.15, 0.2) is 0 Å². The Morgan fingerprint density at radius 2 is 1.83 bits per heavy atom. The Bertz CT molecular complexity index is 491. The first-order valence-corrected chi connectivity index (χ1v) is 6.60. The number of benzene rings is 2. The van der Waals surface area contributed by atoms with Crippen molar-refractivity contribution in [3.8, 4) is 0 Å². The van der Waals surface area contributed by atoms with Crippen molar-refractivity contribution in [1.82, 2.24) is 5.32 Å². The molecule has 3 N–H and O–H groups in total. The standard InChI is InChI=1S/C10H9NS.C4H9NS/c11-9-5-1-4-8-7(9)3-2-6-10(8)12;1-4(3-6)5-2/h1-6,12H,11H2;5-6H,1,3H2,2H3. The number of rotatable bonds is 2. The maximum Gasteiger partial charge on any atom is 0.0394 e. The van der Waals surface area contributed by atoms with E-state index in [1.807, 2.05) is 43.4 Å². The molecule has 0 radical (unpaired) electrons. The van der Waals surface area contributed by atoms with Gasteiger partial charge in [0.1, 0.15) is 0 Å². The Morgan fingerprint density at radius 3 is 2.33 bits per heavy atom. The molecule has 0 saturated heterocycles. The first-order valence-electron chi connectivity index (χ1n) is 5.52. The van der Waals surface area contributed by atoms with E-state index < -0.39 is 0 Å². The second-order valence-corrected chi connectivity index (χ2v) is 4.53. The fraction of sp³-hybridized carbons (Fsp3) is 0.143. The molecule has 2 rings (SSSR count). The van der Waals surface area contributed by atoms with Gasteiger partial charge in [0, 0.05) is 34.5 Å². The van der Waals surface area contributed by atoms with Crippen LogP contribution >= 0.6 is 25.3 Å². The van der Waals surface area contributed by atoms with Gasteiger partial charge >= 0.3 is 0 Å². The van der Waals surface area contributed by atoms with E-state index in [2.05, 4.69) is 37.2 Å². The number of hydrogen-bond donors (Lipinski definition) is 4. The molecule has 4 heteroatoms. The second-order valence-electron chi connectivity index (χ2n) is 3.73. The highest BCUT2D eigenvalue weighted by Crippen LogP contribution is 2.25. The van der Waals surface area contributed by atoms with Gasteiger partial charge < -0.3 is 11.1 Å². The number of nitrogens with two attached hydrogens (primary N) is 1. The number of anilines is 1. The van der Waals surface area contributed by atoms with Crippen LogP contribution < -0.4 is 11.1 Å². The number of fused-ring (bicyclic) bond motifs is 1. The molecule has 18 heavy (non-hydrogen) atoms. The highest BCUT2D eigenvalue weighted by atomic mass is 32.1. The van der Waals surface area contributed by atoms with Crippen molar-refractivity contribution < 1.29 is 0 Å². The quantitative estimate of drug-likeness (QED) is 0.502. The van der Waals surface area contributed by atoms with Gasteiger partial charge in [0.2, 0.25) is 0 Å². The molecule has 0 unspecified atom stereocenters. The number of thiol groups is 2. The van der Waals surface area contributed by atoms with Crippen LogP contribution in [-0.2, 0) is 0 Å². The third-order valence-electron chi connectivity index (χ3n) is 2.48. The molecule has 0 fully saturated rings.